The molecule has 0 spiro atoms. The molecule has 1 unspecified atom stereocenters. The number of fused-ring (bicyclic) bond motifs is 1. The zero-order valence-corrected chi connectivity index (χ0v) is 12.9. The Morgan fingerprint density at radius 1 is 1.30 bits per heavy atom. The van der Waals surface area contributed by atoms with Gasteiger partial charge in [-0.25, -0.2) is 4.98 Å². The molecule has 4 heteroatoms. The van der Waals surface area contributed by atoms with Gasteiger partial charge in [-0.3, -0.25) is 0 Å². The molecule has 0 aliphatic carbocycles. The van der Waals surface area contributed by atoms with Crippen LogP contribution in [-0.4, -0.2) is 16.2 Å². The minimum Gasteiger partial charge on any atom is -0.491 e. The number of para-hydroxylation sites is 1. The smallest absolute Gasteiger partial charge is 0.201 e. The lowest BCUT2D eigenvalue weighted by Crippen LogP contribution is -2.16. The van der Waals surface area contributed by atoms with Crippen molar-refractivity contribution in [1.82, 2.24) is 9.55 Å². The number of hydrogen-bond acceptors (Lipinski definition) is 3. The number of hydrogen-bond donors (Lipinski definition) is 1. The van der Waals surface area contributed by atoms with Crippen molar-refractivity contribution in [1.29, 1.82) is 0 Å². The number of aromatic nitrogens is 2. The fourth-order valence-corrected chi connectivity index (χ4v) is 2.74. The second-order valence-corrected chi connectivity index (χ2v) is 5.53. The summed E-state index contributed by atoms with van der Waals surface area (Å²) in [5.74, 6) is 1.92. The molecule has 0 aliphatic heterocycles. The summed E-state index contributed by atoms with van der Waals surface area (Å²) in [5.41, 5.74) is 8.10. The van der Waals surface area contributed by atoms with E-state index < -0.39 is 0 Å². The van der Waals surface area contributed by atoms with Crippen molar-refractivity contribution in [2.24, 2.45) is 5.92 Å². The molecule has 0 bridgehead atoms. The Bertz CT molecular complexity index is 574. The number of rotatable bonds is 6. The third-order valence-corrected chi connectivity index (χ3v) is 3.69. The molecule has 4 nitrogen and oxygen atoms in total. The maximum absolute atomic E-state index is 6.16. The molecule has 0 fully saturated rings. The number of nitrogens with two attached hydrogens (primary N) is 1. The molecule has 1 aromatic heterocycles. The van der Waals surface area contributed by atoms with Crippen LogP contribution in [0.5, 0.6) is 5.75 Å². The molecule has 0 saturated heterocycles. The quantitative estimate of drug-likeness (QED) is 0.866. The first-order valence-electron chi connectivity index (χ1n) is 7.49. The summed E-state index contributed by atoms with van der Waals surface area (Å²) in [7, 11) is 0. The Hall–Kier alpha value is -1.71. The average molecular weight is 275 g/mol. The molecule has 0 aliphatic rings. The minimum atomic E-state index is 0.362. The number of ether oxygens (including phenoxy) is 1. The van der Waals surface area contributed by atoms with Gasteiger partial charge in [0.25, 0.3) is 0 Å². The fourth-order valence-electron chi connectivity index (χ4n) is 2.74. The van der Waals surface area contributed by atoms with Crippen LogP contribution in [0.15, 0.2) is 18.2 Å². The highest BCUT2D eigenvalue weighted by Crippen LogP contribution is 2.33. The van der Waals surface area contributed by atoms with Gasteiger partial charge in [-0.15, -0.1) is 0 Å². The highest BCUT2D eigenvalue weighted by Gasteiger charge is 2.20. The Balaban J connectivity index is 2.54. The lowest BCUT2D eigenvalue weighted by Gasteiger charge is -2.22. The molecular formula is C16H25N3O. The number of imidazole rings is 1. The minimum absolute atomic E-state index is 0.362. The lowest BCUT2D eigenvalue weighted by atomic mass is 10.0. The highest BCUT2D eigenvalue weighted by molar-refractivity contribution is 5.84. The highest BCUT2D eigenvalue weighted by atomic mass is 16.5. The van der Waals surface area contributed by atoms with Gasteiger partial charge in [-0.05, 0) is 30.9 Å². The van der Waals surface area contributed by atoms with E-state index in [0.717, 1.165) is 29.6 Å². The molecular weight excluding hydrogens is 250 g/mol. The molecule has 1 aromatic carbocycles. The van der Waals surface area contributed by atoms with Gasteiger partial charge >= 0.3 is 0 Å². The summed E-state index contributed by atoms with van der Waals surface area (Å²) >= 11 is 0. The summed E-state index contributed by atoms with van der Waals surface area (Å²) in [6, 6.07) is 6.41. The van der Waals surface area contributed by atoms with Gasteiger partial charge in [0, 0.05) is 6.04 Å². The number of nitrogen functional groups attached to an aromatic ring is 1. The van der Waals surface area contributed by atoms with Crippen LogP contribution in [0.1, 0.15) is 46.6 Å². The summed E-state index contributed by atoms with van der Waals surface area (Å²) < 4.78 is 7.93. The van der Waals surface area contributed by atoms with E-state index >= 15 is 0 Å². The Morgan fingerprint density at radius 2 is 2.05 bits per heavy atom. The maximum Gasteiger partial charge on any atom is 0.201 e. The molecule has 2 N–H and O–H groups in total. The molecule has 1 atom stereocenters. The van der Waals surface area contributed by atoms with Crippen LogP contribution >= 0.6 is 0 Å². The van der Waals surface area contributed by atoms with E-state index in [2.05, 4.69) is 43.3 Å². The Kier molecular flexibility index (Phi) is 4.53. The monoisotopic (exact) mass is 275 g/mol. The molecule has 0 amide bonds. The van der Waals surface area contributed by atoms with Crippen LogP contribution in [0.25, 0.3) is 11.0 Å². The fraction of sp³-hybridized carbons (Fsp3) is 0.562. The van der Waals surface area contributed by atoms with Gasteiger partial charge in [0.1, 0.15) is 11.3 Å². The van der Waals surface area contributed by atoms with E-state index in [0.29, 0.717) is 24.5 Å². The van der Waals surface area contributed by atoms with E-state index in [1.165, 1.54) is 0 Å². The standard InChI is InChI=1S/C16H25N3O/c1-5-10-20-14-9-7-8-13-15(14)18-16(17)19(13)12(6-2)11(3)4/h7-9,11-12H,5-6,10H2,1-4H3,(H2,17,18). The van der Waals surface area contributed by atoms with E-state index in [1.807, 2.05) is 12.1 Å². The lowest BCUT2D eigenvalue weighted by molar-refractivity contribution is 0.320. The van der Waals surface area contributed by atoms with Gasteiger partial charge < -0.3 is 15.0 Å². The van der Waals surface area contributed by atoms with E-state index in [9.17, 15) is 0 Å². The normalized spacial score (nSPS) is 13.1. The number of nitrogens with zero attached hydrogens (tertiary/aromatic N) is 2. The van der Waals surface area contributed by atoms with Gasteiger partial charge in [-0.2, -0.15) is 0 Å². The van der Waals surface area contributed by atoms with Crippen LogP contribution in [0.3, 0.4) is 0 Å². The van der Waals surface area contributed by atoms with Crippen LogP contribution in [-0.2, 0) is 0 Å². The van der Waals surface area contributed by atoms with Gasteiger partial charge in [0.2, 0.25) is 5.95 Å². The van der Waals surface area contributed by atoms with Crippen LogP contribution < -0.4 is 10.5 Å². The zero-order valence-electron chi connectivity index (χ0n) is 12.9. The second-order valence-electron chi connectivity index (χ2n) is 5.53. The van der Waals surface area contributed by atoms with Crippen molar-refractivity contribution in [2.45, 2.75) is 46.6 Å². The average Bonchev–Trinajstić information content (AvgIpc) is 2.74. The van der Waals surface area contributed by atoms with Crippen molar-refractivity contribution in [2.75, 3.05) is 12.3 Å². The van der Waals surface area contributed by atoms with Crippen LogP contribution in [0.4, 0.5) is 5.95 Å². The van der Waals surface area contributed by atoms with Gasteiger partial charge in [-0.1, -0.05) is 33.8 Å². The summed E-state index contributed by atoms with van der Waals surface area (Å²) in [6.45, 7) is 9.42. The number of anilines is 1. The zero-order chi connectivity index (χ0) is 14.7. The van der Waals surface area contributed by atoms with Crippen molar-refractivity contribution >= 4 is 17.0 Å². The summed E-state index contributed by atoms with van der Waals surface area (Å²) in [4.78, 5) is 4.53. The van der Waals surface area contributed by atoms with E-state index in [4.69, 9.17) is 10.5 Å². The Morgan fingerprint density at radius 3 is 2.65 bits per heavy atom. The summed E-state index contributed by atoms with van der Waals surface area (Å²) in [5, 5.41) is 0. The molecule has 0 saturated carbocycles. The topological polar surface area (TPSA) is 53.1 Å². The molecule has 20 heavy (non-hydrogen) atoms. The van der Waals surface area contributed by atoms with Crippen molar-refractivity contribution in [3.63, 3.8) is 0 Å². The van der Waals surface area contributed by atoms with E-state index in [-0.39, 0.29) is 0 Å². The molecule has 0 radical (unpaired) electrons. The summed E-state index contributed by atoms with van der Waals surface area (Å²) in [6.07, 6.45) is 2.02. The molecule has 1 heterocycles. The molecule has 110 valence electrons. The van der Waals surface area contributed by atoms with Gasteiger partial charge in [0.05, 0.1) is 12.1 Å². The van der Waals surface area contributed by atoms with Gasteiger partial charge in [0.15, 0.2) is 0 Å². The predicted molar refractivity (Wildman–Crippen MR) is 84.1 cm³/mol. The van der Waals surface area contributed by atoms with Crippen LogP contribution in [0.2, 0.25) is 0 Å². The second kappa shape index (κ2) is 6.16. The van der Waals surface area contributed by atoms with Crippen molar-refractivity contribution in [3.05, 3.63) is 18.2 Å². The molecule has 2 aromatic rings. The first-order valence-corrected chi connectivity index (χ1v) is 7.49. The van der Waals surface area contributed by atoms with Crippen molar-refractivity contribution in [3.8, 4) is 5.75 Å². The van der Waals surface area contributed by atoms with E-state index in [1.54, 1.807) is 0 Å². The maximum atomic E-state index is 6.16. The first-order chi connectivity index (χ1) is 9.60. The first kappa shape index (κ1) is 14.7. The SMILES string of the molecule is CCCOc1cccc2c1nc(N)n2C(CC)C(C)C. The third kappa shape index (κ3) is 2.60. The number of benzene rings is 1. The predicted octanol–water partition coefficient (Wildman–Crippen LogP) is 4.01. The van der Waals surface area contributed by atoms with Crippen LogP contribution in [0, 0.1) is 5.92 Å². The Labute approximate surface area is 120 Å². The molecule has 2 rings (SSSR count). The third-order valence-electron chi connectivity index (χ3n) is 3.69. The van der Waals surface area contributed by atoms with Crippen molar-refractivity contribution < 1.29 is 4.74 Å². The largest absolute Gasteiger partial charge is 0.491 e.